The summed E-state index contributed by atoms with van der Waals surface area (Å²) in [6, 6.07) is 12.7. The Morgan fingerprint density at radius 1 is 1.15 bits per heavy atom. The predicted molar refractivity (Wildman–Crippen MR) is 78.0 cm³/mol. The molecule has 102 valence electrons. The van der Waals surface area contributed by atoms with Crippen LogP contribution in [0.2, 0.25) is 5.02 Å². The van der Waals surface area contributed by atoms with Crippen LogP contribution in [0.25, 0.3) is 11.0 Å². The zero-order valence-electron chi connectivity index (χ0n) is 10.7. The van der Waals surface area contributed by atoms with Crippen LogP contribution in [0, 0.1) is 5.82 Å². The first kappa shape index (κ1) is 13.1. The van der Waals surface area contributed by atoms with Gasteiger partial charge in [-0.25, -0.2) is 9.37 Å². The second-order valence-electron chi connectivity index (χ2n) is 4.55. The molecule has 3 aromatic rings. The van der Waals surface area contributed by atoms with E-state index in [0.29, 0.717) is 13.1 Å². The minimum atomic E-state index is -0.394. The number of imidazole rings is 1. The molecule has 0 amide bonds. The van der Waals surface area contributed by atoms with Gasteiger partial charge in [0.1, 0.15) is 11.6 Å². The van der Waals surface area contributed by atoms with Crippen molar-refractivity contribution < 1.29 is 4.39 Å². The topological polar surface area (TPSA) is 40.7 Å². The lowest BCUT2D eigenvalue weighted by molar-refractivity contribution is 0.618. The number of hydrogen-bond acceptors (Lipinski definition) is 2. The quantitative estimate of drug-likeness (QED) is 0.770. The van der Waals surface area contributed by atoms with Gasteiger partial charge in [0, 0.05) is 6.54 Å². The lowest BCUT2D eigenvalue weighted by Crippen LogP contribution is -2.13. The third-order valence-corrected chi connectivity index (χ3v) is 3.35. The summed E-state index contributed by atoms with van der Waals surface area (Å²) in [5.74, 6) is 0.468. The molecule has 1 aromatic heterocycles. The van der Waals surface area contributed by atoms with E-state index < -0.39 is 5.82 Å². The second-order valence-corrected chi connectivity index (χ2v) is 4.96. The Balaban J connectivity index is 1.63. The van der Waals surface area contributed by atoms with Crippen molar-refractivity contribution in [1.29, 1.82) is 0 Å². The maximum absolute atomic E-state index is 13.3. The number of aromatic nitrogens is 2. The Morgan fingerprint density at radius 2 is 2.00 bits per heavy atom. The van der Waals surface area contributed by atoms with Gasteiger partial charge in [0.2, 0.25) is 0 Å². The lowest BCUT2D eigenvalue weighted by Gasteiger charge is -2.04. The number of aromatic amines is 1. The number of nitrogens with one attached hydrogen (secondary N) is 2. The first-order valence-corrected chi connectivity index (χ1v) is 6.68. The molecular weight excluding hydrogens is 277 g/mol. The summed E-state index contributed by atoms with van der Waals surface area (Å²) in [6.07, 6.45) is 0. The average Bonchev–Trinajstić information content (AvgIpc) is 2.85. The highest BCUT2D eigenvalue weighted by atomic mass is 35.5. The van der Waals surface area contributed by atoms with Crippen LogP contribution in [0.1, 0.15) is 11.4 Å². The molecule has 0 aliphatic rings. The molecule has 0 atom stereocenters. The molecule has 2 aromatic carbocycles. The van der Waals surface area contributed by atoms with Crippen LogP contribution in [-0.4, -0.2) is 9.97 Å². The number of fused-ring (bicyclic) bond motifs is 1. The van der Waals surface area contributed by atoms with Crippen LogP contribution < -0.4 is 5.32 Å². The molecule has 0 radical (unpaired) electrons. The van der Waals surface area contributed by atoms with Crippen molar-refractivity contribution in [2.75, 3.05) is 0 Å². The molecule has 0 saturated carbocycles. The zero-order chi connectivity index (χ0) is 13.9. The standard InChI is InChI=1S/C15H13ClFN3/c16-11-6-5-10(7-12(11)17)8-18-9-15-19-13-3-1-2-4-14(13)20-15/h1-7,18H,8-9H2,(H,19,20). The van der Waals surface area contributed by atoms with Crippen LogP contribution in [0.4, 0.5) is 4.39 Å². The van der Waals surface area contributed by atoms with Gasteiger partial charge in [-0.2, -0.15) is 0 Å². The van der Waals surface area contributed by atoms with E-state index >= 15 is 0 Å². The third kappa shape index (κ3) is 2.81. The van der Waals surface area contributed by atoms with Crippen LogP contribution >= 0.6 is 11.6 Å². The van der Waals surface area contributed by atoms with Gasteiger partial charge in [-0.3, -0.25) is 0 Å². The molecule has 1 heterocycles. The predicted octanol–water partition coefficient (Wildman–Crippen LogP) is 3.65. The van der Waals surface area contributed by atoms with Crippen molar-refractivity contribution in [1.82, 2.24) is 15.3 Å². The molecule has 20 heavy (non-hydrogen) atoms. The summed E-state index contributed by atoms with van der Waals surface area (Å²) in [6.45, 7) is 1.16. The molecule has 5 heteroatoms. The summed E-state index contributed by atoms with van der Waals surface area (Å²) < 4.78 is 13.3. The normalized spacial score (nSPS) is 11.1. The maximum atomic E-state index is 13.3. The fraction of sp³-hybridized carbons (Fsp3) is 0.133. The largest absolute Gasteiger partial charge is 0.341 e. The second kappa shape index (κ2) is 5.61. The van der Waals surface area contributed by atoms with Crippen molar-refractivity contribution in [2.24, 2.45) is 0 Å². The average molecular weight is 290 g/mol. The summed E-state index contributed by atoms with van der Waals surface area (Å²) in [7, 11) is 0. The van der Waals surface area contributed by atoms with E-state index in [0.717, 1.165) is 22.4 Å². The van der Waals surface area contributed by atoms with Gasteiger partial charge in [0.05, 0.1) is 22.6 Å². The Labute approximate surface area is 120 Å². The first-order valence-electron chi connectivity index (χ1n) is 6.30. The van der Waals surface area contributed by atoms with Crippen molar-refractivity contribution in [3.05, 3.63) is 64.7 Å². The maximum Gasteiger partial charge on any atom is 0.142 e. The van der Waals surface area contributed by atoms with Crippen molar-refractivity contribution in [3.63, 3.8) is 0 Å². The molecule has 2 N–H and O–H groups in total. The molecule has 0 unspecified atom stereocenters. The molecule has 0 aliphatic carbocycles. The Hall–Kier alpha value is -1.91. The Bertz CT molecular complexity index is 706. The van der Waals surface area contributed by atoms with Crippen molar-refractivity contribution in [2.45, 2.75) is 13.1 Å². The minimum Gasteiger partial charge on any atom is -0.341 e. The molecule has 3 nitrogen and oxygen atoms in total. The van der Waals surface area contributed by atoms with E-state index in [9.17, 15) is 4.39 Å². The van der Waals surface area contributed by atoms with E-state index in [4.69, 9.17) is 11.6 Å². The zero-order valence-corrected chi connectivity index (χ0v) is 11.4. The minimum absolute atomic E-state index is 0.144. The van der Waals surface area contributed by atoms with E-state index in [1.807, 2.05) is 24.3 Å². The number of nitrogens with zero attached hydrogens (tertiary/aromatic N) is 1. The van der Waals surface area contributed by atoms with Gasteiger partial charge in [-0.15, -0.1) is 0 Å². The molecule has 3 rings (SSSR count). The van der Waals surface area contributed by atoms with Gasteiger partial charge in [0.25, 0.3) is 0 Å². The molecule has 0 saturated heterocycles. The number of rotatable bonds is 4. The van der Waals surface area contributed by atoms with E-state index in [2.05, 4.69) is 15.3 Å². The molecule has 0 bridgehead atoms. The summed E-state index contributed by atoms with van der Waals surface area (Å²) >= 11 is 5.65. The van der Waals surface area contributed by atoms with E-state index in [1.54, 1.807) is 12.1 Å². The highest BCUT2D eigenvalue weighted by molar-refractivity contribution is 6.30. The number of halogens is 2. The van der Waals surface area contributed by atoms with Crippen LogP contribution in [-0.2, 0) is 13.1 Å². The van der Waals surface area contributed by atoms with Crippen LogP contribution in [0.3, 0.4) is 0 Å². The van der Waals surface area contributed by atoms with Gasteiger partial charge < -0.3 is 10.3 Å². The number of para-hydroxylation sites is 2. The summed E-state index contributed by atoms with van der Waals surface area (Å²) in [5, 5.41) is 3.37. The first-order chi connectivity index (χ1) is 9.72. The smallest absolute Gasteiger partial charge is 0.142 e. The SMILES string of the molecule is Fc1cc(CNCc2nc3ccccc3[nH]2)ccc1Cl. The van der Waals surface area contributed by atoms with Gasteiger partial charge >= 0.3 is 0 Å². The molecule has 0 spiro atoms. The highest BCUT2D eigenvalue weighted by Crippen LogP contribution is 2.15. The third-order valence-electron chi connectivity index (χ3n) is 3.04. The van der Waals surface area contributed by atoms with Crippen molar-refractivity contribution in [3.8, 4) is 0 Å². The fourth-order valence-corrected chi connectivity index (χ4v) is 2.18. The highest BCUT2D eigenvalue weighted by Gasteiger charge is 2.03. The number of H-pyrrole nitrogens is 1. The Kier molecular flexibility index (Phi) is 3.67. The summed E-state index contributed by atoms with van der Waals surface area (Å²) in [5.41, 5.74) is 2.81. The monoisotopic (exact) mass is 289 g/mol. The van der Waals surface area contributed by atoms with E-state index in [-0.39, 0.29) is 5.02 Å². The number of hydrogen-bond donors (Lipinski definition) is 2. The van der Waals surface area contributed by atoms with Gasteiger partial charge in [-0.1, -0.05) is 29.8 Å². The fourth-order valence-electron chi connectivity index (χ4n) is 2.06. The molecule has 0 aliphatic heterocycles. The summed E-state index contributed by atoms with van der Waals surface area (Å²) in [4.78, 5) is 7.70. The van der Waals surface area contributed by atoms with Crippen molar-refractivity contribution >= 4 is 22.6 Å². The van der Waals surface area contributed by atoms with Gasteiger partial charge in [-0.05, 0) is 29.8 Å². The molecule has 0 fully saturated rings. The molecular formula is C15H13ClFN3. The Morgan fingerprint density at radius 3 is 2.80 bits per heavy atom. The number of benzene rings is 2. The lowest BCUT2D eigenvalue weighted by atomic mass is 10.2. The van der Waals surface area contributed by atoms with E-state index in [1.165, 1.54) is 6.07 Å². The van der Waals surface area contributed by atoms with Gasteiger partial charge in [0.15, 0.2) is 0 Å². The van der Waals surface area contributed by atoms with Crippen LogP contribution in [0.5, 0.6) is 0 Å². The van der Waals surface area contributed by atoms with Crippen LogP contribution in [0.15, 0.2) is 42.5 Å².